The summed E-state index contributed by atoms with van der Waals surface area (Å²) < 4.78 is 12.1. The molecule has 1 heterocycles. The molecule has 0 aliphatic carbocycles. The van der Waals surface area contributed by atoms with E-state index in [9.17, 15) is 4.79 Å². The summed E-state index contributed by atoms with van der Waals surface area (Å²) in [5.41, 5.74) is 3.53. The van der Waals surface area contributed by atoms with E-state index in [1.807, 2.05) is 24.3 Å². The standard InChI is InChI=1S/C24H19ClN2O3/c1-16-3-5-17(6-4-16)18-7-9-19(10-8-18)27-24(28)23(22(25)15-26-27)30-21-13-11-20(29-2)12-14-21/h3-15H,1-2H3. The number of rotatable bonds is 5. The lowest BCUT2D eigenvalue weighted by atomic mass is 10.0. The quantitative estimate of drug-likeness (QED) is 0.419. The lowest BCUT2D eigenvalue weighted by Gasteiger charge is -2.11. The van der Waals surface area contributed by atoms with Crippen LogP contribution in [0.2, 0.25) is 5.02 Å². The molecule has 0 saturated heterocycles. The molecule has 4 rings (SSSR count). The minimum Gasteiger partial charge on any atom is -0.497 e. The number of halogens is 1. The fraction of sp³-hybridized carbons (Fsp3) is 0.0833. The second-order valence-corrected chi connectivity index (χ2v) is 7.14. The zero-order chi connectivity index (χ0) is 21.1. The number of aromatic nitrogens is 2. The summed E-state index contributed by atoms with van der Waals surface area (Å²) in [5, 5.41) is 4.31. The van der Waals surface area contributed by atoms with Gasteiger partial charge < -0.3 is 9.47 Å². The average Bonchev–Trinajstić information content (AvgIpc) is 2.78. The molecule has 0 amide bonds. The lowest BCUT2D eigenvalue weighted by molar-refractivity contribution is 0.412. The van der Waals surface area contributed by atoms with Crippen LogP contribution in [0.3, 0.4) is 0 Å². The topological polar surface area (TPSA) is 53.4 Å². The average molecular weight is 419 g/mol. The zero-order valence-electron chi connectivity index (χ0n) is 16.5. The molecule has 6 heteroatoms. The summed E-state index contributed by atoms with van der Waals surface area (Å²) in [7, 11) is 1.58. The Morgan fingerprint density at radius 2 is 1.40 bits per heavy atom. The number of ether oxygens (including phenoxy) is 2. The van der Waals surface area contributed by atoms with E-state index in [0.29, 0.717) is 17.2 Å². The monoisotopic (exact) mass is 418 g/mol. The van der Waals surface area contributed by atoms with E-state index >= 15 is 0 Å². The first-order chi connectivity index (χ1) is 14.5. The second-order valence-electron chi connectivity index (χ2n) is 6.73. The third kappa shape index (κ3) is 4.07. The fourth-order valence-corrected chi connectivity index (χ4v) is 3.16. The number of aryl methyl sites for hydroxylation is 1. The summed E-state index contributed by atoms with van der Waals surface area (Å²) in [4.78, 5) is 13.0. The molecule has 3 aromatic carbocycles. The molecular formula is C24H19ClN2O3. The van der Waals surface area contributed by atoms with Gasteiger partial charge >= 0.3 is 5.56 Å². The van der Waals surface area contributed by atoms with Gasteiger partial charge in [0.2, 0.25) is 5.75 Å². The minimum absolute atomic E-state index is 0.0134. The van der Waals surface area contributed by atoms with Crippen LogP contribution in [-0.4, -0.2) is 16.9 Å². The molecule has 0 atom stereocenters. The summed E-state index contributed by atoms with van der Waals surface area (Å²) in [6.07, 6.45) is 1.40. The Balaban J connectivity index is 1.65. The predicted molar refractivity (Wildman–Crippen MR) is 118 cm³/mol. The molecule has 30 heavy (non-hydrogen) atoms. The zero-order valence-corrected chi connectivity index (χ0v) is 17.3. The first kappa shape index (κ1) is 19.7. The molecule has 1 aromatic heterocycles. The van der Waals surface area contributed by atoms with Crippen LogP contribution in [0.1, 0.15) is 5.56 Å². The minimum atomic E-state index is -0.443. The van der Waals surface area contributed by atoms with Crippen molar-refractivity contribution in [3.8, 4) is 34.1 Å². The second kappa shape index (κ2) is 8.43. The van der Waals surface area contributed by atoms with Crippen molar-refractivity contribution in [3.05, 3.63) is 99.9 Å². The van der Waals surface area contributed by atoms with Crippen LogP contribution < -0.4 is 15.0 Å². The van der Waals surface area contributed by atoms with Crippen molar-refractivity contribution in [2.75, 3.05) is 7.11 Å². The van der Waals surface area contributed by atoms with Gasteiger partial charge in [-0.2, -0.15) is 9.78 Å². The van der Waals surface area contributed by atoms with Gasteiger partial charge in [-0.15, -0.1) is 0 Å². The Morgan fingerprint density at radius 1 is 0.833 bits per heavy atom. The highest BCUT2D eigenvalue weighted by Crippen LogP contribution is 2.27. The number of methoxy groups -OCH3 is 1. The van der Waals surface area contributed by atoms with Gasteiger partial charge in [-0.1, -0.05) is 53.6 Å². The summed E-state index contributed by atoms with van der Waals surface area (Å²) in [6, 6.07) is 22.7. The van der Waals surface area contributed by atoms with E-state index in [1.54, 1.807) is 31.4 Å². The van der Waals surface area contributed by atoms with E-state index in [1.165, 1.54) is 16.4 Å². The lowest BCUT2D eigenvalue weighted by Crippen LogP contribution is -2.22. The number of hydrogen-bond acceptors (Lipinski definition) is 4. The Hall–Kier alpha value is -3.57. The molecule has 0 bridgehead atoms. The molecule has 0 radical (unpaired) electrons. The molecule has 0 fully saturated rings. The first-order valence-electron chi connectivity index (χ1n) is 9.32. The Labute approximate surface area is 179 Å². The van der Waals surface area contributed by atoms with Crippen LogP contribution in [-0.2, 0) is 0 Å². The van der Waals surface area contributed by atoms with Crippen LogP contribution in [0.25, 0.3) is 16.8 Å². The molecule has 0 N–H and O–H groups in total. The van der Waals surface area contributed by atoms with Crippen LogP contribution in [0.4, 0.5) is 0 Å². The maximum absolute atomic E-state index is 13.0. The van der Waals surface area contributed by atoms with Gasteiger partial charge in [0.05, 0.1) is 19.0 Å². The van der Waals surface area contributed by atoms with Crippen molar-refractivity contribution in [1.29, 1.82) is 0 Å². The van der Waals surface area contributed by atoms with Gasteiger partial charge in [-0.3, -0.25) is 4.79 Å². The third-order valence-electron chi connectivity index (χ3n) is 4.67. The molecule has 5 nitrogen and oxygen atoms in total. The Morgan fingerprint density at radius 3 is 2.00 bits per heavy atom. The largest absolute Gasteiger partial charge is 0.497 e. The smallest absolute Gasteiger partial charge is 0.316 e. The predicted octanol–water partition coefficient (Wildman–Crippen LogP) is 5.66. The SMILES string of the molecule is COc1ccc(Oc2c(Cl)cnn(-c3ccc(-c4ccc(C)cc4)cc3)c2=O)cc1. The normalized spacial score (nSPS) is 10.6. The van der Waals surface area contributed by atoms with Crippen LogP contribution in [0.5, 0.6) is 17.2 Å². The van der Waals surface area contributed by atoms with Crippen LogP contribution >= 0.6 is 11.6 Å². The number of hydrogen-bond donors (Lipinski definition) is 0. The van der Waals surface area contributed by atoms with Gasteiger partial charge in [-0.05, 0) is 54.4 Å². The molecule has 0 spiro atoms. The van der Waals surface area contributed by atoms with Crippen molar-refractivity contribution < 1.29 is 9.47 Å². The maximum atomic E-state index is 13.0. The maximum Gasteiger partial charge on any atom is 0.316 e. The van der Waals surface area contributed by atoms with Crippen LogP contribution in [0.15, 0.2) is 83.8 Å². The molecular weight excluding hydrogens is 400 g/mol. The van der Waals surface area contributed by atoms with Crippen LogP contribution in [0, 0.1) is 6.92 Å². The van der Waals surface area contributed by atoms with Crippen molar-refractivity contribution >= 4 is 11.6 Å². The molecule has 0 unspecified atom stereocenters. The van der Waals surface area contributed by atoms with E-state index in [4.69, 9.17) is 21.1 Å². The summed E-state index contributed by atoms with van der Waals surface area (Å²) in [5.74, 6) is 1.18. The van der Waals surface area contributed by atoms with E-state index in [0.717, 1.165) is 11.1 Å². The number of nitrogens with zero attached hydrogens (tertiary/aromatic N) is 2. The van der Waals surface area contributed by atoms with Gasteiger partial charge in [0.15, 0.2) is 0 Å². The van der Waals surface area contributed by atoms with Gasteiger partial charge in [0.1, 0.15) is 16.5 Å². The van der Waals surface area contributed by atoms with Crippen molar-refractivity contribution in [2.45, 2.75) is 6.92 Å². The highest BCUT2D eigenvalue weighted by Gasteiger charge is 2.14. The first-order valence-corrected chi connectivity index (χ1v) is 9.70. The molecule has 0 aliphatic heterocycles. The van der Waals surface area contributed by atoms with E-state index in [2.05, 4.69) is 36.3 Å². The highest BCUT2D eigenvalue weighted by atomic mass is 35.5. The van der Waals surface area contributed by atoms with Crippen molar-refractivity contribution in [1.82, 2.24) is 9.78 Å². The summed E-state index contributed by atoms with van der Waals surface area (Å²) >= 11 is 6.19. The Bertz CT molecular complexity index is 1220. The molecule has 4 aromatic rings. The van der Waals surface area contributed by atoms with Gasteiger partial charge in [0.25, 0.3) is 0 Å². The fourth-order valence-electron chi connectivity index (χ4n) is 3.00. The molecule has 0 saturated carbocycles. The van der Waals surface area contributed by atoms with Gasteiger partial charge in [0, 0.05) is 0 Å². The van der Waals surface area contributed by atoms with E-state index in [-0.39, 0.29) is 10.8 Å². The van der Waals surface area contributed by atoms with Crippen molar-refractivity contribution in [3.63, 3.8) is 0 Å². The van der Waals surface area contributed by atoms with Crippen molar-refractivity contribution in [2.24, 2.45) is 0 Å². The third-order valence-corrected chi connectivity index (χ3v) is 4.94. The van der Waals surface area contributed by atoms with E-state index < -0.39 is 5.56 Å². The highest BCUT2D eigenvalue weighted by molar-refractivity contribution is 6.31. The molecule has 150 valence electrons. The Kier molecular flexibility index (Phi) is 5.55. The molecule has 0 aliphatic rings. The number of benzene rings is 3. The van der Waals surface area contributed by atoms with Gasteiger partial charge in [-0.25, -0.2) is 0 Å². The summed E-state index contributed by atoms with van der Waals surface area (Å²) in [6.45, 7) is 2.05.